The Labute approximate surface area is 89.8 Å². The van der Waals surface area contributed by atoms with Gasteiger partial charge in [0.2, 0.25) is 0 Å². The van der Waals surface area contributed by atoms with E-state index in [-0.39, 0.29) is 0 Å². The van der Waals surface area contributed by atoms with Crippen molar-refractivity contribution >= 4 is 11.6 Å². The zero-order valence-electron chi connectivity index (χ0n) is 8.33. The minimum Gasteiger partial charge on any atom is -0.491 e. The second kappa shape index (κ2) is 6.68. The zero-order valence-corrected chi connectivity index (χ0v) is 9.09. The molecule has 0 aliphatic carbocycles. The lowest BCUT2D eigenvalue weighted by atomic mass is 10.2. The van der Waals surface area contributed by atoms with E-state index in [0.717, 1.165) is 5.75 Å². The number of rotatable bonds is 6. The monoisotopic (exact) mass is 214 g/mol. The van der Waals surface area contributed by atoms with Gasteiger partial charge in [0.25, 0.3) is 0 Å². The fraction of sp³-hybridized carbons (Fsp3) is 0.455. The molecule has 0 heterocycles. The van der Waals surface area contributed by atoms with E-state index >= 15 is 0 Å². The van der Waals surface area contributed by atoms with Crippen molar-refractivity contribution < 1.29 is 9.47 Å². The van der Waals surface area contributed by atoms with Crippen LogP contribution in [-0.4, -0.2) is 25.7 Å². The number of ether oxygens (including phenoxy) is 2. The minimum atomic E-state index is 0.532. The Morgan fingerprint density at radius 2 is 1.79 bits per heavy atom. The summed E-state index contributed by atoms with van der Waals surface area (Å²) in [5.41, 5.74) is 1.23. The number of hydrogen-bond acceptors (Lipinski definition) is 2. The van der Waals surface area contributed by atoms with Gasteiger partial charge in [0, 0.05) is 5.88 Å². The van der Waals surface area contributed by atoms with Crippen molar-refractivity contribution in [3.05, 3.63) is 29.8 Å². The maximum absolute atomic E-state index is 5.45. The van der Waals surface area contributed by atoms with Gasteiger partial charge in [0.15, 0.2) is 0 Å². The summed E-state index contributed by atoms with van der Waals surface area (Å²) in [6.45, 7) is 3.78. The third-order valence-corrected chi connectivity index (χ3v) is 1.89. The molecule has 0 atom stereocenters. The Bertz CT molecular complexity index is 246. The molecule has 0 N–H and O–H groups in total. The summed E-state index contributed by atoms with van der Waals surface area (Å²) in [5.74, 6) is 1.41. The van der Waals surface area contributed by atoms with Crippen molar-refractivity contribution in [3.63, 3.8) is 0 Å². The van der Waals surface area contributed by atoms with E-state index < -0.39 is 0 Å². The molecule has 0 amide bonds. The van der Waals surface area contributed by atoms with Crippen LogP contribution < -0.4 is 4.74 Å². The summed E-state index contributed by atoms with van der Waals surface area (Å²) in [7, 11) is 0. The molecule has 78 valence electrons. The standard InChI is InChI=1S/C11H15ClO2/c1-10-2-4-11(5-3-10)14-9-8-13-7-6-12/h2-5H,6-9H2,1H3. The van der Waals surface area contributed by atoms with Crippen LogP contribution in [-0.2, 0) is 4.74 Å². The second-order valence-electron chi connectivity index (χ2n) is 2.96. The molecule has 0 saturated carbocycles. The summed E-state index contributed by atoms with van der Waals surface area (Å²) < 4.78 is 10.6. The van der Waals surface area contributed by atoms with E-state index in [4.69, 9.17) is 21.1 Å². The summed E-state index contributed by atoms with van der Waals surface area (Å²) in [4.78, 5) is 0. The maximum atomic E-state index is 5.45. The molecule has 0 bridgehead atoms. The van der Waals surface area contributed by atoms with Gasteiger partial charge in [-0.05, 0) is 19.1 Å². The highest BCUT2D eigenvalue weighted by Gasteiger charge is 1.92. The van der Waals surface area contributed by atoms with Gasteiger partial charge >= 0.3 is 0 Å². The number of halogens is 1. The quantitative estimate of drug-likeness (QED) is 0.536. The highest BCUT2D eigenvalue weighted by Crippen LogP contribution is 2.10. The maximum Gasteiger partial charge on any atom is 0.119 e. The molecule has 0 aliphatic rings. The van der Waals surface area contributed by atoms with Gasteiger partial charge in [-0.1, -0.05) is 17.7 Å². The van der Waals surface area contributed by atoms with Gasteiger partial charge in [0.1, 0.15) is 12.4 Å². The van der Waals surface area contributed by atoms with Crippen molar-refractivity contribution in [1.82, 2.24) is 0 Å². The Morgan fingerprint density at radius 1 is 1.07 bits per heavy atom. The molecule has 0 unspecified atom stereocenters. The lowest BCUT2D eigenvalue weighted by Crippen LogP contribution is -2.07. The molecular weight excluding hydrogens is 200 g/mol. The first-order valence-corrected chi connectivity index (χ1v) is 5.19. The molecule has 1 aromatic rings. The van der Waals surface area contributed by atoms with Gasteiger partial charge in [-0.2, -0.15) is 0 Å². The van der Waals surface area contributed by atoms with Crippen LogP contribution in [0.3, 0.4) is 0 Å². The molecule has 0 aromatic heterocycles. The molecule has 0 fully saturated rings. The fourth-order valence-corrected chi connectivity index (χ4v) is 1.12. The van der Waals surface area contributed by atoms with Crippen LogP contribution in [0.4, 0.5) is 0 Å². The SMILES string of the molecule is Cc1ccc(OCCOCCCl)cc1. The Hall–Kier alpha value is -0.730. The highest BCUT2D eigenvalue weighted by atomic mass is 35.5. The number of benzene rings is 1. The fourth-order valence-electron chi connectivity index (χ4n) is 1.01. The molecule has 0 aliphatic heterocycles. The topological polar surface area (TPSA) is 18.5 Å². The summed E-state index contributed by atoms with van der Waals surface area (Å²) >= 11 is 5.45. The first kappa shape index (κ1) is 11.3. The van der Waals surface area contributed by atoms with Crippen LogP contribution in [0.25, 0.3) is 0 Å². The van der Waals surface area contributed by atoms with E-state index in [1.807, 2.05) is 31.2 Å². The minimum absolute atomic E-state index is 0.532. The molecule has 2 nitrogen and oxygen atoms in total. The zero-order chi connectivity index (χ0) is 10.2. The number of hydrogen-bond donors (Lipinski definition) is 0. The van der Waals surface area contributed by atoms with Crippen LogP contribution in [0.1, 0.15) is 5.56 Å². The van der Waals surface area contributed by atoms with Gasteiger partial charge in [-0.15, -0.1) is 11.6 Å². The predicted molar refractivity (Wildman–Crippen MR) is 58.2 cm³/mol. The van der Waals surface area contributed by atoms with E-state index in [0.29, 0.717) is 25.7 Å². The molecule has 1 rings (SSSR count). The average Bonchev–Trinajstić information content (AvgIpc) is 2.21. The first-order valence-electron chi connectivity index (χ1n) is 4.66. The largest absolute Gasteiger partial charge is 0.491 e. The molecule has 0 radical (unpaired) electrons. The van der Waals surface area contributed by atoms with Gasteiger partial charge < -0.3 is 9.47 Å². The first-order chi connectivity index (χ1) is 6.83. The van der Waals surface area contributed by atoms with Crippen molar-refractivity contribution in [2.75, 3.05) is 25.7 Å². The Kier molecular flexibility index (Phi) is 5.42. The van der Waals surface area contributed by atoms with Crippen LogP contribution in [0, 0.1) is 6.92 Å². The highest BCUT2D eigenvalue weighted by molar-refractivity contribution is 6.17. The van der Waals surface area contributed by atoms with Crippen LogP contribution >= 0.6 is 11.6 Å². The summed E-state index contributed by atoms with van der Waals surface area (Å²) in [5, 5.41) is 0. The molecule has 0 saturated heterocycles. The lowest BCUT2D eigenvalue weighted by Gasteiger charge is -2.06. The van der Waals surface area contributed by atoms with Crippen LogP contribution in [0.2, 0.25) is 0 Å². The van der Waals surface area contributed by atoms with E-state index in [1.54, 1.807) is 0 Å². The molecule has 0 spiro atoms. The van der Waals surface area contributed by atoms with Crippen molar-refractivity contribution in [2.24, 2.45) is 0 Å². The summed E-state index contributed by atoms with van der Waals surface area (Å²) in [6, 6.07) is 7.96. The Morgan fingerprint density at radius 3 is 2.43 bits per heavy atom. The van der Waals surface area contributed by atoms with Gasteiger partial charge in [-0.3, -0.25) is 0 Å². The van der Waals surface area contributed by atoms with Crippen molar-refractivity contribution in [1.29, 1.82) is 0 Å². The average molecular weight is 215 g/mol. The molecule has 1 aromatic carbocycles. The molecule has 3 heteroatoms. The van der Waals surface area contributed by atoms with Crippen LogP contribution in [0.5, 0.6) is 5.75 Å². The van der Waals surface area contributed by atoms with Gasteiger partial charge in [0.05, 0.1) is 13.2 Å². The van der Waals surface area contributed by atoms with E-state index in [9.17, 15) is 0 Å². The Balaban J connectivity index is 2.15. The third-order valence-electron chi connectivity index (χ3n) is 1.74. The normalized spacial score (nSPS) is 10.1. The molecule has 14 heavy (non-hydrogen) atoms. The molecular formula is C11H15ClO2. The van der Waals surface area contributed by atoms with Crippen molar-refractivity contribution in [2.45, 2.75) is 6.92 Å². The van der Waals surface area contributed by atoms with E-state index in [2.05, 4.69) is 0 Å². The van der Waals surface area contributed by atoms with Crippen molar-refractivity contribution in [3.8, 4) is 5.75 Å². The number of alkyl halides is 1. The van der Waals surface area contributed by atoms with Crippen LogP contribution in [0.15, 0.2) is 24.3 Å². The summed E-state index contributed by atoms with van der Waals surface area (Å²) in [6.07, 6.45) is 0. The second-order valence-corrected chi connectivity index (χ2v) is 3.34. The van der Waals surface area contributed by atoms with E-state index in [1.165, 1.54) is 5.56 Å². The smallest absolute Gasteiger partial charge is 0.119 e. The number of aryl methyl sites for hydroxylation is 1. The predicted octanol–water partition coefficient (Wildman–Crippen LogP) is 2.63. The lowest BCUT2D eigenvalue weighted by molar-refractivity contribution is 0.111. The van der Waals surface area contributed by atoms with Gasteiger partial charge in [-0.25, -0.2) is 0 Å². The third kappa shape index (κ3) is 4.49.